The predicted octanol–water partition coefficient (Wildman–Crippen LogP) is 2.61. The van der Waals surface area contributed by atoms with E-state index in [2.05, 4.69) is 15.9 Å². The molecule has 0 saturated carbocycles. The van der Waals surface area contributed by atoms with Gasteiger partial charge in [0.25, 0.3) is 5.56 Å². The molecule has 92 valence electrons. The van der Waals surface area contributed by atoms with Crippen LogP contribution in [0.15, 0.2) is 45.7 Å². The third-order valence-electron chi connectivity index (χ3n) is 2.65. The van der Waals surface area contributed by atoms with Crippen LogP contribution in [0.4, 0.5) is 0 Å². The third kappa shape index (κ3) is 2.22. The number of carbonyl (C=O) groups is 1. The van der Waals surface area contributed by atoms with Gasteiger partial charge in [-0.1, -0.05) is 15.9 Å². The van der Waals surface area contributed by atoms with E-state index >= 15 is 0 Å². The molecule has 1 N–H and O–H groups in total. The van der Waals surface area contributed by atoms with E-state index < -0.39 is 5.97 Å². The van der Waals surface area contributed by atoms with Crippen molar-refractivity contribution in [1.82, 2.24) is 4.57 Å². The number of halogens is 1. The Morgan fingerprint density at radius 1 is 1.17 bits per heavy atom. The van der Waals surface area contributed by atoms with Gasteiger partial charge in [0.15, 0.2) is 0 Å². The molecule has 2 aromatic rings. The average molecular weight is 308 g/mol. The summed E-state index contributed by atoms with van der Waals surface area (Å²) < 4.78 is 2.28. The normalized spacial score (nSPS) is 10.3. The van der Waals surface area contributed by atoms with Crippen LogP contribution >= 0.6 is 15.9 Å². The van der Waals surface area contributed by atoms with Gasteiger partial charge < -0.3 is 5.11 Å². The standard InChI is InChI=1S/C13H10BrNO3/c1-8-11(13(17)18)6-7-12(16)15(8)10-4-2-9(14)3-5-10/h2-7H,1H3,(H,17,18). The Kier molecular flexibility index (Phi) is 3.34. The Labute approximate surface area is 112 Å². The van der Waals surface area contributed by atoms with Crippen LogP contribution in [-0.2, 0) is 0 Å². The summed E-state index contributed by atoms with van der Waals surface area (Å²) >= 11 is 3.31. The van der Waals surface area contributed by atoms with E-state index in [4.69, 9.17) is 5.11 Å². The highest BCUT2D eigenvalue weighted by Crippen LogP contribution is 2.15. The largest absolute Gasteiger partial charge is 0.478 e. The van der Waals surface area contributed by atoms with E-state index in [1.54, 1.807) is 31.2 Å². The lowest BCUT2D eigenvalue weighted by molar-refractivity contribution is 0.0695. The molecule has 18 heavy (non-hydrogen) atoms. The van der Waals surface area contributed by atoms with Crippen LogP contribution in [-0.4, -0.2) is 15.6 Å². The van der Waals surface area contributed by atoms with E-state index in [9.17, 15) is 9.59 Å². The number of rotatable bonds is 2. The van der Waals surface area contributed by atoms with Gasteiger partial charge in [0.1, 0.15) is 0 Å². The van der Waals surface area contributed by atoms with Crippen LogP contribution in [0.3, 0.4) is 0 Å². The quantitative estimate of drug-likeness (QED) is 0.927. The van der Waals surface area contributed by atoms with Gasteiger partial charge >= 0.3 is 5.97 Å². The smallest absolute Gasteiger partial charge is 0.337 e. The second-order valence-electron chi connectivity index (χ2n) is 3.79. The van der Waals surface area contributed by atoms with Crippen LogP contribution < -0.4 is 5.56 Å². The Morgan fingerprint density at radius 3 is 2.33 bits per heavy atom. The van der Waals surface area contributed by atoms with Gasteiger partial charge in [-0.3, -0.25) is 9.36 Å². The van der Waals surface area contributed by atoms with Crippen LogP contribution in [0.1, 0.15) is 16.1 Å². The van der Waals surface area contributed by atoms with Crippen molar-refractivity contribution in [2.24, 2.45) is 0 Å². The van der Waals surface area contributed by atoms with E-state index in [-0.39, 0.29) is 11.1 Å². The molecule has 1 aromatic carbocycles. The molecule has 0 atom stereocenters. The number of aromatic nitrogens is 1. The summed E-state index contributed by atoms with van der Waals surface area (Å²) in [6, 6.07) is 9.70. The van der Waals surface area contributed by atoms with Crippen molar-refractivity contribution in [3.63, 3.8) is 0 Å². The Hall–Kier alpha value is -1.88. The van der Waals surface area contributed by atoms with E-state index in [1.807, 2.05) is 0 Å². The van der Waals surface area contributed by atoms with Crippen molar-refractivity contribution >= 4 is 21.9 Å². The van der Waals surface area contributed by atoms with E-state index in [1.165, 1.54) is 16.7 Å². The number of aromatic carboxylic acids is 1. The van der Waals surface area contributed by atoms with Gasteiger partial charge in [-0.2, -0.15) is 0 Å². The van der Waals surface area contributed by atoms with Crippen LogP contribution in [0.25, 0.3) is 5.69 Å². The number of nitrogens with zero attached hydrogens (tertiary/aromatic N) is 1. The number of benzene rings is 1. The summed E-state index contributed by atoms with van der Waals surface area (Å²) in [5, 5.41) is 9.05. The SMILES string of the molecule is Cc1c(C(=O)O)ccc(=O)n1-c1ccc(Br)cc1. The van der Waals surface area contributed by atoms with E-state index in [0.29, 0.717) is 11.4 Å². The van der Waals surface area contributed by atoms with Crippen LogP contribution in [0.5, 0.6) is 0 Å². The second kappa shape index (κ2) is 4.78. The fourth-order valence-corrected chi connectivity index (χ4v) is 2.04. The summed E-state index contributed by atoms with van der Waals surface area (Å²) in [7, 11) is 0. The molecule has 5 heteroatoms. The maximum absolute atomic E-state index is 11.9. The molecule has 0 radical (unpaired) electrons. The maximum Gasteiger partial charge on any atom is 0.337 e. The molecule has 0 spiro atoms. The maximum atomic E-state index is 11.9. The molecule has 0 aliphatic heterocycles. The van der Waals surface area contributed by atoms with Crippen LogP contribution in [0, 0.1) is 6.92 Å². The average Bonchev–Trinajstić information content (AvgIpc) is 2.31. The molecule has 0 aliphatic rings. The minimum atomic E-state index is -1.04. The highest BCUT2D eigenvalue weighted by atomic mass is 79.9. The first-order valence-electron chi connectivity index (χ1n) is 5.22. The molecule has 0 aliphatic carbocycles. The van der Waals surface area contributed by atoms with E-state index in [0.717, 1.165) is 4.47 Å². The van der Waals surface area contributed by atoms with Gasteiger partial charge in [0.2, 0.25) is 0 Å². The first kappa shape index (κ1) is 12.6. The fraction of sp³-hybridized carbons (Fsp3) is 0.0769. The summed E-state index contributed by atoms with van der Waals surface area (Å²) in [5.74, 6) is -1.04. The molecule has 0 bridgehead atoms. The Balaban J connectivity index is 2.70. The van der Waals surface area contributed by atoms with Gasteiger partial charge in [-0.15, -0.1) is 0 Å². The second-order valence-corrected chi connectivity index (χ2v) is 4.70. The predicted molar refractivity (Wildman–Crippen MR) is 71.4 cm³/mol. The molecule has 1 aromatic heterocycles. The Morgan fingerprint density at radius 2 is 1.78 bits per heavy atom. The van der Waals surface area contributed by atoms with Crippen molar-refractivity contribution in [1.29, 1.82) is 0 Å². The number of pyridine rings is 1. The van der Waals surface area contributed by atoms with Crippen molar-refractivity contribution in [3.8, 4) is 5.69 Å². The molecular formula is C13H10BrNO3. The molecule has 2 rings (SSSR count). The van der Waals surface area contributed by atoms with Crippen molar-refractivity contribution in [3.05, 3.63) is 62.5 Å². The highest BCUT2D eigenvalue weighted by Gasteiger charge is 2.12. The molecule has 1 heterocycles. The Bertz CT molecular complexity index is 659. The number of hydrogen-bond donors (Lipinski definition) is 1. The lowest BCUT2D eigenvalue weighted by Crippen LogP contribution is -2.22. The molecular weight excluding hydrogens is 298 g/mol. The molecule has 4 nitrogen and oxygen atoms in total. The van der Waals surface area contributed by atoms with Crippen molar-refractivity contribution in [2.75, 3.05) is 0 Å². The first-order chi connectivity index (χ1) is 8.50. The summed E-state index contributed by atoms with van der Waals surface area (Å²) in [6.45, 7) is 1.62. The minimum absolute atomic E-state index is 0.123. The lowest BCUT2D eigenvalue weighted by atomic mass is 10.2. The van der Waals surface area contributed by atoms with Gasteiger partial charge in [-0.25, -0.2) is 4.79 Å². The topological polar surface area (TPSA) is 59.3 Å². The fourth-order valence-electron chi connectivity index (χ4n) is 1.77. The third-order valence-corrected chi connectivity index (χ3v) is 3.18. The zero-order valence-corrected chi connectivity index (χ0v) is 11.1. The molecule has 0 saturated heterocycles. The number of carboxylic acids is 1. The highest BCUT2D eigenvalue weighted by molar-refractivity contribution is 9.10. The molecule has 0 amide bonds. The van der Waals surface area contributed by atoms with Gasteiger partial charge in [-0.05, 0) is 37.3 Å². The summed E-state index contributed by atoms with van der Waals surface area (Å²) in [5.41, 5.74) is 0.929. The monoisotopic (exact) mass is 307 g/mol. The summed E-state index contributed by atoms with van der Waals surface area (Å²) in [6.07, 6.45) is 0. The van der Waals surface area contributed by atoms with Crippen LogP contribution in [0.2, 0.25) is 0 Å². The molecule has 0 fully saturated rings. The number of carboxylic acid groups (broad SMARTS) is 1. The van der Waals surface area contributed by atoms with Gasteiger partial charge in [0.05, 0.1) is 5.56 Å². The lowest BCUT2D eigenvalue weighted by Gasteiger charge is -2.11. The minimum Gasteiger partial charge on any atom is -0.478 e. The number of hydrogen-bond acceptors (Lipinski definition) is 2. The van der Waals surface area contributed by atoms with Crippen molar-refractivity contribution < 1.29 is 9.90 Å². The zero-order valence-electron chi connectivity index (χ0n) is 9.55. The van der Waals surface area contributed by atoms with Crippen molar-refractivity contribution in [2.45, 2.75) is 6.92 Å². The first-order valence-corrected chi connectivity index (χ1v) is 6.02. The molecule has 0 unspecified atom stereocenters. The zero-order chi connectivity index (χ0) is 13.3. The summed E-state index contributed by atoms with van der Waals surface area (Å²) in [4.78, 5) is 22.9. The van der Waals surface area contributed by atoms with Gasteiger partial charge in [0, 0.05) is 21.9 Å².